The third-order valence-corrected chi connectivity index (χ3v) is 6.85. The van der Waals surface area contributed by atoms with Gasteiger partial charge in [0.15, 0.2) is 0 Å². The molecule has 0 aromatic heterocycles. The summed E-state index contributed by atoms with van der Waals surface area (Å²) >= 11 is 0. The average Bonchev–Trinajstić information content (AvgIpc) is 2.59. The maximum absolute atomic E-state index is 10.4. The second-order valence-electron chi connectivity index (χ2n) is 7.53. The van der Waals surface area contributed by atoms with Crippen molar-refractivity contribution in [3.05, 3.63) is 0 Å². The SMILES string of the molecule is CC1C(O)C[C@@]23C[C@@H]1C(C)(C)[C@@H]2CC[C@H]3C. The summed E-state index contributed by atoms with van der Waals surface area (Å²) in [6.45, 7) is 9.64. The Balaban J connectivity index is 2.06. The van der Waals surface area contributed by atoms with Crippen LogP contribution in [0.25, 0.3) is 0 Å². The summed E-state index contributed by atoms with van der Waals surface area (Å²) in [6, 6.07) is 0. The van der Waals surface area contributed by atoms with E-state index in [0.717, 1.165) is 24.2 Å². The van der Waals surface area contributed by atoms with E-state index in [-0.39, 0.29) is 6.10 Å². The molecule has 0 heterocycles. The number of rotatable bonds is 0. The molecule has 0 radical (unpaired) electrons. The third kappa shape index (κ3) is 1.06. The lowest BCUT2D eigenvalue weighted by molar-refractivity contribution is -0.0194. The first-order valence-corrected chi connectivity index (χ1v) is 7.07. The summed E-state index contributed by atoms with van der Waals surface area (Å²) in [5.74, 6) is 2.98. The zero-order chi connectivity index (χ0) is 11.7. The first kappa shape index (κ1) is 11.1. The van der Waals surface area contributed by atoms with Crippen molar-refractivity contribution in [1.82, 2.24) is 0 Å². The Kier molecular flexibility index (Phi) is 2.11. The summed E-state index contributed by atoms with van der Waals surface area (Å²) in [7, 11) is 0. The van der Waals surface area contributed by atoms with Gasteiger partial charge in [-0.15, -0.1) is 0 Å². The molecule has 2 unspecified atom stereocenters. The van der Waals surface area contributed by atoms with E-state index in [9.17, 15) is 5.11 Å². The van der Waals surface area contributed by atoms with Crippen molar-refractivity contribution in [2.45, 2.75) is 59.5 Å². The molecule has 0 aliphatic heterocycles. The molecule has 3 fully saturated rings. The van der Waals surface area contributed by atoms with Gasteiger partial charge >= 0.3 is 0 Å². The highest BCUT2D eigenvalue weighted by molar-refractivity contribution is 5.15. The largest absolute Gasteiger partial charge is 0.393 e. The first-order chi connectivity index (χ1) is 7.39. The van der Waals surface area contributed by atoms with Gasteiger partial charge in [0.1, 0.15) is 0 Å². The van der Waals surface area contributed by atoms with Gasteiger partial charge in [-0.3, -0.25) is 0 Å². The monoisotopic (exact) mass is 222 g/mol. The second-order valence-corrected chi connectivity index (χ2v) is 7.53. The van der Waals surface area contributed by atoms with Gasteiger partial charge in [0.2, 0.25) is 0 Å². The smallest absolute Gasteiger partial charge is 0.0574 e. The van der Waals surface area contributed by atoms with Gasteiger partial charge < -0.3 is 5.11 Å². The van der Waals surface area contributed by atoms with E-state index >= 15 is 0 Å². The first-order valence-electron chi connectivity index (χ1n) is 7.07. The van der Waals surface area contributed by atoms with E-state index in [2.05, 4.69) is 27.7 Å². The fourth-order valence-electron chi connectivity index (χ4n) is 5.86. The predicted octanol–water partition coefficient (Wildman–Crippen LogP) is 3.47. The maximum atomic E-state index is 10.4. The predicted molar refractivity (Wildman–Crippen MR) is 66.0 cm³/mol. The Morgan fingerprint density at radius 1 is 1.06 bits per heavy atom. The average molecular weight is 222 g/mol. The highest BCUT2D eigenvalue weighted by Gasteiger charge is 2.66. The van der Waals surface area contributed by atoms with Crippen LogP contribution in [0.15, 0.2) is 0 Å². The molecule has 1 nitrogen and oxygen atoms in total. The molecular weight excluding hydrogens is 196 g/mol. The van der Waals surface area contributed by atoms with Crippen LogP contribution in [-0.2, 0) is 0 Å². The van der Waals surface area contributed by atoms with Gasteiger partial charge in [0, 0.05) is 0 Å². The van der Waals surface area contributed by atoms with E-state index in [1.165, 1.54) is 19.3 Å². The molecule has 1 N–H and O–H groups in total. The minimum atomic E-state index is -0.0384. The number of aliphatic hydroxyl groups is 1. The molecule has 0 saturated heterocycles. The minimum Gasteiger partial charge on any atom is -0.393 e. The molecule has 0 amide bonds. The molecule has 0 aromatic carbocycles. The summed E-state index contributed by atoms with van der Waals surface area (Å²) in [5, 5.41) is 10.4. The van der Waals surface area contributed by atoms with Gasteiger partial charge in [-0.2, -0.15) is 0 Å². The van der Waals surface area contributed by atoms with Crippen molar-refractivity contribution in [1.29, 1.82) is 0 Å². The van der Waals surface area contributed by atoms with E-state index in [4.69, 9.17) is 0 Å². The van der Waals surface area contributed by atoms with Crippen LogP contribution in [0.5, 0.6) is 0 Å². The lowest BCUT2D eigenvalue weighted by atomic mass is 9.64. The Morgan fingerprint density at radius 2 is 1.75 bits per heavy atom. The van der Waals surface area contributed by atoms with Crippen molar-refractivity contribution >= 4 is 0 Å². The normalized spacial score (nSPS) is 58.7. The third-order valence-electron chi connectivity index (χ3n) is 6.85. The zero-order valence-corrected chi connectivity index (χ0v) is 11.2. The van der Waals surface area contributed by atoms with Crippen LogP contribution in [0.1, 0.15) is 53.4 Å². The van der Waals surface area contributed by atoms with Crippen LogP contribution in [0, 0.1) is 34.5 Å². The molecule has 3 saturated carbocycles. The summed E-state index contributed by atoms with van der Waals surface area (Å²) in [4.78, 5) is 0. The van der Waals surface area contributed by atoms with Gasteiger partial charge in [0.05, 0.1) is 6.10 Å². The Bertz CT molecular complexity index is 309. The summed E-state index contributed by atoms with van der Waals surface area (Å²) < 4.78 is 0. The minimum absolute atomic E-state index is 0.0384. The molecule has 3 rings (SSSR count). The molecule has 3 aliphatic rings. The highest BCUT2D eigenvalue weighted by atomic mass is 16.3. The zero-order valence-electron chi connectivity index (χ0n) is 11.2. The van der Waals surface area contributed by atoms with E-state index in [0.29, 0.717) is 16.7 Å². The van der Waals surface area contributed by atoms with Crippen molar-refractivity contribution in [2.24, 2.45) is 34.5 Å². The van der Waals surface area contributed by atoms with Crippen LogP contribution < -0.4 is 0 Å². The van der Waals surface area contributed by atoms with Gasteiger partial charge in [-0.1, -0.05) is 27.7 Å². The fourth-order valence-corrected chi connectivity index (χ4v) is 5.86. The van der Waals surface area contributed by atoms with E-state index < -0.39 is 0 Å². The van der Waals surface area contributed by atoms with Crippen molar-refractivity contribution < 1.29 is 5.11 Å². The van der Waals surface area contributed by atoms with Crippen molar-refractivity contribution in [2.75, 3.05) is 0 Å². The van der Waals surface area contributed by atoms with Gasteiger partial charge in [-0.25, -0.2) is 0 Å². The molecular formula is C15H26O. The summed E-state index contributed by atoms with van der Waals surface area (Å²) in [6.07, 6.45) is 5.24. The van der Waals surface area contributed by atoms with Crippen LogP contribution in [0.2, 0.25) is 0 Å². The quantitative estimate of drug-likeness (QED) is 0.665. The molecule has 1 heteroatoms. The van der Waals surface area contributed by atoms with Crippen LogP contribution in [-0.4, -0.2) is 11.2 Å². The molecule has 16 heavy (non-hydrogen) atoms. The van der Waals surface area contributed by atoms with Crippen molar-refractivity contribution in [3.63, 3.8) is 0 Å². The maximum Gasteiger partial charge on any atom is 0.0574 e. The highest BCUT2D eigenvalue weighted by Crippen LogP contribution is 2.72. The standard InChI is InChI=1S/C15H26O/c1-9-5-6-13-14(3,4)11-7-15(9,13)8-12(16)10(11)2/h9-13,16H,5-8H2,1-4H3/t9-,10?,11+,12?,13+,15-/m1/s1. The van der Waals surface area contributed by atoms with Crippen LogP contribution in [0.4, 0.5) is 0 Å². The molecule has 2 bridgehead atoms. The molecule has 1 spiro atoms. The second kappa shape index (κ2) is 3.04. The topological polar surface area (TPSA) is 20.2 Å². The number of aliphatic hydroxyl groups excluding tert-OH is 1. The van der Waals surface area contributed by atoms with Gasteiger partial charge in [0.25, 0.3) is 0 Å². The number of hydrogen-bond acceptors (Lipinski definition) is 1. The Hall–Kier alpha value is -0.0400. The Labute approximate surface area is 99.6 Å². The molecule has 3 aliphatic carbocycles. The lowest BCUT2D eigenvalue weighted by Crippen LogP contribution is -2.39. The lowest BCUT2D eigenvalue weighted by Gasteiger charge is -2.42. The van der Waals surface area contributed by atoms with E-state index in [1.54, 1.807) is 0 Å². The molecule has 0 aromatic rings. The van der Waals surface area contributed by atoms with Crippen LogP contribution >= 0.6 is 0 Å². The van der Waals surface area contributed by atoms with E-state index in [1.807, 2.05) is 0 Å². The van der Waals surface area contributed by atoms with Crippen LogP contribution in [0.3, 0.4) is 0 Å². The summed E-state index contributed by atoms with van der Waals surface area (Å²) in [5.41, 5.74) is 0.960. The molecule has 6 atom stereocenters. The fraction of sp³-hybridized carbons (Fsp3) is 1.00. The number of fused-ring (bicyclic) bond motifs is 1. The Morgan fingerprint density at radius 3 is 2.44 bits per heavy atom. The van der Waals surface area contributed by atoms with Gasteiger partial charge in [-0.05, 0) is 60.2 Å². The number of hydrogen-bond donors (Lipinski definition) is 1. The molecule has 92 valence electrons. The van der Waals surface area contributed by atoms with Crippen molar-refractivity contribution in [3.8, 4) is 0 Å².